The Balaban J connectivity index is 2.64. The van der Waals surface area contributed by atoms with Crippen LogP contribution in [0.25, 0.3) is 0 Å². The van der Waals surface area contributed by atoms with Crippen molar-refractivity contribution < 1.29 is 0 Å². The normalized spacial score (nSPS) is 14.3. The molecule has 0 aliphatic carbocycles. The predicted octanol–water partition coefficient (Wildman–Crippen LogP) is 2.71. The number of nitrogens with zero attached hydrogens (tertiary/aromatic N) is 1. The maximum Gasteiger partial charge on any atom is 0.0940 e. The highest BCUT2D eigenvalue weighted by atomic mass is 32.1. The molecule has 0 radical (unpaired) electrons. The molecule has 14 heavy (non-hydrogen) atoms. The van der Waals surface area contributed by atoms with Crippen molar-refractivity contribution in [1.29, 1.82) is 0 Å². The lowest BCUT2D eigenvalue weighted by atomic mass is 9.80. The number of aromatic nitrogens is 1. The molecule has 0 fully saturated rings. The van der Waals surface area contributed by atoms with Crippen molar-refractivity contribution in [2.75, 3.05) is 7.05 Å². The van der Waals surface area contributed by atoms with E-state index in [1.54, 1.807) is 11.3 Å². The van der Waals surface area contributed by atoms with Crippen LogP contribution in [-0.4, -0.2) is 18.1 Å². The van der Waals surface area contributed by atoms with Crippen LogP contribution in [0.5, 0.6) is 0 Å². The van der Waals surface area contributed by atoms with E-state index >= 15 is 0 Å². The average molecular weight is 212 g/mol. The van der Waals surface area contributed by atoms with Crippen LogP contribution in [0.15, 0.2) is 11.6 Å². The lowest BCUT2D eigenvalue weighted by Crippen LogP contribution is -2.41. The molecule has 1 rings (SSSR count). The molecule has 3 heteroatoms. The quantitative estimate of drug-likeness (QED) is 0.811. The van der Waals surface area contributed by atoms with Crippen molar-refractivity contribution in [2.24, 2.45) is 5.41 Å². The Kier molecular flexibility index (Phi) is 4.08. The minimum atomic E-state index is 0.334. The molecule has 1 aromatic heterocycles. The zero-order valence-electron chi connectivity index (χ0n) is 9.50. The standard InChI is InChI=1S/C11H20N2S/c1-5-11(2,3)9(12-4)8-10-13-6-7-14-10/h6-7,9,12H,5,8H2,1-4H3. The van der Waals surface area contributed by atoms with Gasteiger partial charge < -0.3 is 5.32 Å². The minimum absolute atomic E-state index is 0.334. The number of thiazole rings is 1. The highest BCUT2D eigenvalue weighted by molar-refractivity contribution is 7.09. The smallest absolute Gasteiger partial charge is 0.0940 e. The van der Waals surface area contributed by atoms with Crippen LogP contribution in [0, 0.1) is 5.41 Å². The molecule has 1 N–H and O–H groups in total. The lowest BCUT2D eigenvalue weighted by molar-refractivity contribution is 0.240. The second-order valence-corrected chi connectivity index (χ2v) is 5.29. The molecule has 0 aromatic carbocycles. The number of rotatable bonds is 5. The van der Waals surface area contributed by atoms with E-state index in [0.717, 1.165) is 6.42 Å². The lowest BCUT2D eigenvalue weighted by Gasteiger charge is -2.32. The Morgan fingerprint density at radius 1 is 1.57 bits per heavy atom. The van der Waals surface area contributed by atoms with Crippen LogP contribution in [0.2, 0.25) is 0 Å². The van der Waals surface area contributed by atoms with E-state index in [2.05, 4.69) is 31.1 Å². The third kappa shape index (κ3) is 2.79. The van der Waals surface area contributed by atoms with E-state index in [1.165, 1.54) is 11.4 Å². The van der Waals surface area contributed by atoms with Crippen molar-refractivity contribution in [3.05, 3.63) is 16.6 Å². The molecular weight excluding hydrogens is 192 g/mol. The molecule has 2 nitrogen and oxygen atoms in total. The number of hydrogen-bond acceptors (Lipinski definition) is 3. The Morgan fingerprint density at radius 2 is 2.29 bits per heavy atom. The number of nitrogens with one attached hydrogen (secondary N) is 1. The van der Waals surface area contributed by atoms with Gasteiger partial charge in [0.2, 0.25) is 0 Å². The number of likely N-dealkylation sites (N-methyl/N-ethyl adjacent to an activating group) is 1. The predicted molar refractivity (Wildman–Crippen MR) is 62.7 cm³/mol. The second kappa shape index (κ2) is 4.89. The van der Waals surface area contributed by atoms with Gasteiger partial charge in [0.1, 0.15) is 0 Å². The summed E-state index contributed by atoms with van der Waals surface area (Å²) in [7, 11) is 2.04. The van der Waals surface area contributed by atoms with E-state index in [1.807, 2.05) is 18.6 Å². The summed E-state index contributed by atoms with van der Waals surface area (Å²) in [4.78, 5) is 4.33. The van der Waals surface area contributed by atoms with Crippen LogP contribution < -0.4 is 5.32 Å². The zero-order chi connectivity index (χ0) is 10.6. The Morgan fingerprint density at radius 3 is 2.71 bits per heavy atom. The van der Waals surface area contributed by atoms with Crippen LogP contribution in [-0.2, 0) is 6.42 Å². The summed E-state index contributed by atoms with van der Waals surface area (Å²) in [6.07, 6.45) is 4.10. The highest BCUT2D eigenvalue weighted by Gasteiger charge is 2.26. The molecule has 1 atom stereocenters. The SMILES string of the molecule is CCC(C)(C)C(Cc1nccs1)NC. The molecular formula is C11H20N2S. The molecule has 0 spiro atoms. The maximum absolute atomic E-state index is 4.33. The molecule has 0 bridgehead atoms. The summed E-state index contributed by atoms with van der Waals surface area (Å²) in [6.45, 7) is 6.86. The average Bonchev–Trinajstić information content (AvgIpc) is 2.66. The van der Waals surface area contributed by atoms with Gasteiger partial charge in [-0.3, -0.25) is 0 Å². The molecule has 1 aromatic rings. The Labute approximate surface area is 90.8 Å². The summed E-state index contributed by atoms with van der Waals surface area (Å²) < 4.78 is 0. The first-order chi connectivity index (χ1) is 6.60. The molecule has 0 amide bonds. The number of hydrogen-bond donors (Lipinski definition) is 1. The van der Waals surface area contributed by atoms with Gasteiger partial charge in [0.05, 0.1) is 5.01 Å². The van der Waals surface area contributed by atoms with Gasteiger partial charge in [-0.2, -0.15) is 0 Å². The zero-order valence-corrected chi connectivity index (χ0v) is 10.3. The van der Waals surface area contributed by atoms with Crippen molar-refractivity contribution in [1.82, 2.24) is 10.3 Å². The second-order valence-electron chi connectivity index (χ2n) is 4.31. The van der Waals surface area contributed by atoms with Crippen molar-refractivity contribution in [3.63, 3.8) is 0 Å². The van der Waals surface area contributed by atoms with Gasteiger partial charge in [-0.25, -0.2) is 4.98 Å². The van der Waals surface area contributed by atoms with E-state index in [9.17, 15) is 0 Å². The molecule has 0 saturated carbocycles. The van der Waals surface area contributed by atoms with Crippen molar-refractivity contribution in [2.45, 2.75) is 39.7 Å². The maximum atomic E-state index is 4.33. The first-order valence-corrected chi connectivity index (χ1v) is 6.03. The topological polar surface area (TPSA) is 24.9 Å². The summed E-state index contributed by atoms with van der Waals surface area (Å²) in [5, 5.41) is 6.67. The van der Waals surface area contributed by atoms with Gasteiger partial charge in [-0.15, -0.1) is 11.3 Å². The van der Waals surface area contributed by atoms with E-state index in [0.29, 0.717) is 11.5 Å². The first-order valence-electron chi connectivity index (χ1n) is 5.15. The van der Waals surface area contributed by atoms with Crippen LogP contribution in [0.1, 0.15) is 32.2 Å². The fraction of sp³-hybridized carbons (Fsp3) is 0.727. The molecule has 0 saturated heterocycles. The largest absolute Gasteiger partial charge is 0.316 e. The van der Waals surface area contributed by atoms with E-state index in [4.69, 9.17) is 0 Å². The van der Waals surface area contributed by atoms with E-state index in [-0.39, 0.29) is 0 Å². The Hall–Kier alpha value is -0.410. The van der Waals surface area contributed by atoms with Crippen molar-refractivity contribution >= 4 is 11.3 Å². The summed E-state index contributed by atoms with van der Waals surface area (Å²) >= 11 is 1.74. The highest BCUT2D eigenvalue weighted by Crippen LogP contribution is 2.27. The molecule has 1 heterocycles. The van der Waals surface area contributed by atoms with Gasteiger partial charge in [0, 0.05) is 24.0 Å². The third-order valence-corrected chi connectivity index (χ3v) is 3.87. The fourth-order valence-electron chi connectivity index (χ4n) is 1.54. The van der Waals surface area contributed by atoms with Gasteiger partial charge in [-0.1, -0.05) is 20.8 Å². The van der Waals surface area contributed by atoms with Crippen LogP contribution >= 0.6 is 11.3 Å². The van der Waals surface area contributed by atoms with Crippen LogP contribution in [0.3, 0.4) is 0 Å². The molecule has 0 aliphatic heterocycles. The van der Waals surface area contributed by atoms with Crippen molar-refractivity contribution in [3.8, 4) is 0 Å². The van der Waals surface area contributed by atoms with Crippen LogP contribution in [0.4, 0.5) is 0 Å². The summed E-state index contributed by atoms with van der Waals surface area (Å²) in [5.41, 5.74) is 0.334. The minimum Gasteiger partial charge on any atom is -0.316 e. The summed E-state index contributed by atoms with van der Waals surface area (Å²) in [5.74, 6) is 0. The Bertz CT molecular complexity index is 254. The van der Waals surface area contributed by atoms with Gasteiger partial charge in [0.15, 0.2) is 0 Å². The fourth-order valence-corrected chi connectivity index (χ4v) is 2.21. The van der Waals surface area contributed by atoms with E-state index < -0.39 is 0 Å². The van der Waals surface area contributed by atoms with Gasteiger partial charge in [0.25, 0.3) is 0 Å². The van der Waals surface area contributed by atoms with Gasteiger partial charge >= 0.3 is 0 Å². The molecule has 80 valence electrons. The monoisotopic (exact) mass is 212 g/mol. The molecule has 1 unspecified atom stereocenters. The summed E-state index contributed by atoms with van der Waals surface area (Å²) in [6, 6.07) is 0.513. The van der Waals surface area contributed by atoms with Gasteiger partial charge in [-0.05, 0) is 18.9 Å². The molecule has 0 aliphatic rings. The first kappa shape index (κ1) is 11.7. The third-order valence-electron chi connectivity index (χ3n) is 3.07.